The SMILES string of the molecule is NCC(CN)OC(=O)CCC(=O)[O-]. The van der Waals surface area contributed by atoms with E-state index in [0.29, 0.717) is 0 Å². The Hall–Kier alpha value is -1.14. The first-order valence-corrected chi connectivity index (χ1v) is 3.89. The van der Waals surface area contributed by atoms with Gasteiger partial charge in [0.05, 0.1) is 6.42 Å². The van der Waals surface area contributed by atoms with Gasteiger partial charge in [0.25, 0.3) is 0 Å². The van der Waals surface area contributed by atoms with E-state index in [2.05, 4.69) is 0 Å². The van der Waals surface area contributed by atoms with Gasteiger partial charge in [0.2, 0.25) is 0 Å². The third-order valence-corrected chi connectivity index (χ3v) is 1.36. The van der Waals surface area contributed by atoms with E-state index in [1.807, 2.05) is 0 Å². The van der Waals surface area contributed by atoms with E-state index in [0.717, 1.165) is 0 Å². The molecule has 0 aromatic heterocycles. The predicted molar refractivity (Wildman–Crippen MR) is 42.2 cm³/mol. The predicted octanol–water partition coefficient (Wildman–Crippen LogP) is -2.65. The highest BCUT2D eigenvalue weighted by Gasteiger charge is 2.10. The van der Waals surface area contributed by atoms with Crippen molar-refractivity contribution in [2.45, 2.75) is 18.9 Å². The fourth-order valence-corrected chi connectivity index (χ4v) is 0.641. The maximum Gasteiger partial charge on any atom is 0.306 e. The summed E-state index contributed by atoms with van der Waals surface area (Å²) in [6.07, 6.45) is -1.09. The number of aliphatic carboxylic acids is 1. The van der Waals surface area contributed by atoms with Crippen molar-refractivity contribution in [3.8, 4) is 0 Å². The van der Waals surface area contributed by atoms with Gasteiger partial charge in [0.1, 0.15) is 6.10 Å². The Morgan fingerprint density at radius 3 is 2.15 bits per heavy atom. The third kappa shape index (κ3) is 6.06. The number of hydrogen-bond acceptors (Lipinski definition) is 6. The second-order valence-electron chi connectivity index (χ2n) is 2.46. The largest absolute Gasteiger partial charge is 0.550 e. The topological polar surface area (TPSA) is 118 Å². The number of carbonyl (C=O) groups is 2. The molecular formula is C7H13N2O4-. The van der Waals surface area contributed by atoms with E-state index < -0.39 is 18.0 Å². The van der Waals surface area contributed by atoms with Gasteiger partial charge in [-0.1, -0.05) is 0 Å². The van der Waals surface area contributed by atoms with Crippen LogP contribution in [0.15, 0.2) is 0 Å². The van der Waals surface area contributed by atoms with Crippen LogP contribution in [0.25, 0.3) is 0 Å². The van der Waals surface area contributed by atoms with Gasteiger partial charge >= 0.3 is 5.97 Å². The molecule has 0 saturated carbocycles. The number of ether oxygens (including phenoxy) is 1. The van der Waals surface area contributed by atoms with Crippen molar-refractivity contribution in [1.82, 2.24) is 0 Å². The second-order valence-corrected chi connectivity index (χ2v) is 2.46. The Morgan fingerprint density at radius 1 is 1.23 bits per heavy atom. The van der Waals surface area contributed by atoms with Crippen LogP contribution in [0.3, 0.4) is 0 Å². The second kappa shape index (κ2) is 6.38. The fourth-order valence-electron chi connectivity index (χ4n) is 0.641. The lowest BCUT2D eigenvalue weighted by Gasteiger charge is -2.13. The van der Waals surface area contributed by atoms with Crippen LogP contribution >= 0.6 is 0 Å². The summed E-state index contributed by atoms with van der Waals surface area (Å²) in [6, 6.07) is 0. The standard InChI is InChI=1S/C7H14N2O4/c8-3-5(4-9)13-7(12)2-1-6(10)11/h5H,1-4,8-9H2,(H,10,11)/p-1. The first-order chi connectivity index (χ1) is 6.10. The molecule has 0 spiro atoms. The fraction of sp³-hybridized carbons (Fsp3) is 0.714. The normalized spacial score (nSPS) is 10.1. The van der Waals surface area contributed by atoms with Crippen molar-refractivity contribution >= 4 is 11.9 Å². The zero-order chi connectivity index (χ0) is 10.3. The molecular weight excluding hydrogens is 176 g/mol. The molecule has 0 aliphatic carbocycles. The van der Waals surface area contributed by atoms with Gasteiger partial charge in [-0.05, 0) is 6.42 Å². The van der Waals surface area contributed by atoms with Crippen molar-refractivity contribution in [2.24, 2.45) is 11.5 Å². The summed E-state index contributed by atoms with van der Waals surface area (Å²) in [5.41, 5.74) is 10.4. The Balaban J connectivity index is 3.66. The lowest BCUT2D eigenvalue weighted by molar-refractivity contribution is -0.305. The molecule has 6 nitrogen and oxygen atoms in total. The van der Waals surface area contributed by atoms with Crippen LogP contribution in [0, 0.1) is 0 Å². The summed E-state index contributed by atoms with van der Waals surface area (Å²) in [5.74, 6) is -1.90. The molecule has 0 fully saturated rings. The molecule has 0 aliphatic rings. The monoisotopic (exact) mass is 189 g/mol. The lowest BCUT2D eigenvalue weighted by Crippen LogP contribution is -2.34. The zero-order valence-corrected chi connectivity index (χ0v) is 7.19. The van der Waals surface area contributed by atoms with Crippen LogP contribution in [0.5, 0.6) is 0 Å². The summed E-state index contributed by atoms with van der Waals surface area (Å²) < 4.78 is 4.72. The van der Waals surface area contributed by atoms with E-state index >= 15 is 0 Å². The molecule has 0 heterocycles. The van der Waals surface area contributed by atoms with Gasteiger partial charge < -0.3 is 26.1 Å². The van der Waals surface area contributed by atoms with Crippen molar-refractivity contribution in [3.63, 3.8) is 0 Å². The molecule has 0 atom stereocenters. The minimum absolute atomic E-state index is 0.133. The van der Waals surface area contributed by atoms with E-state index in [-0.39, 0.29) is 25.9 Å². The molecule has 0 amide bonds. The summed E-state index contributed by atoms with van der Waals surface area (Å²) >= 11 is 0. The average Bonchev–Trinajstić information content (AvgIpc) is 2.10. The molecule has 76 valence electrons. The van der Waals surface area contributed by atoms with Crippen LogP contribution in [-0.2, 0) is 14.3 Å². The zero-order valence-electron chi connectivity index (χ0n) is 7.19. The Morgan fingerprint density at radius 2 is 1.77 bits per heavy atom. The van der Waals surface area contributed by atoms with E-state index in [9.17, 15) is 14.7 Å². The average molecular weight is 189 g/mol. The van der Waals surface area contributed by atoms with Gasteiger partial charge in [-0.2, -0.15) is 0 Å². The number of esters is 1. The van der Waals surface area contributed by atoms with Gasteiger partial charge in [-0.15, -0.1) is 0 Å². The molecule has 0 bridgehead atoms. The maximum atomic E-state index is 10.9. The molecule has 0 aromatic carbocycles. The van der Waals surface area contributed by atoms with Crippen LogP contribution in [0.1, 0.15) is 12.8 Å². The van der Waals surface area contributed by atoms with E-state index in [4.69, 9.17) is 16.2 Å². The van der Waals surface area contributed by atoms with Gasteiger partial charge in [-0.25, -0.2) is 0 Å². The summed E-state index contributed by atoms with van der Waals surface area (Å²) in [4.78, 5) is 20.8. The maximum absolute atomic E-state index is 10.9. The Labute approximate surface area is 75.8 Å². The van der Waals surface area contributed by atoms with Crippen molar-refractivity contribution in [2.75, 3.05) is 13.1 Å². The van der Waals surface area contributed by atoms with E-state index in [1.54, 1.807) is 0 Å². The highest BCUT2D eigenvalue weighted by molar-refractivity contribution is 5.75. The first kappa shape index (κ1) is 11.9. The minimum atomic E-state index is -1.28. The van der Waals surface area contributed by atoms with Gasteiger partial charge in [0.15, 0.2) is 0 Å². The lowest BCUT2D eigenvalue weighted by atomic mass is 10.3. The molecule has 4 N–H and O–H groups in total. The highest BCUT2D eigenvalue weighted by atomic mass is 16.5. The van der Waals surface area contributed by atoms with E-state index in [1.165, 1.54) is 0 Å². The summed E-state index contributed by atoms with van der Waals surface area (Å²) in [7, 11) is 0. The summed E-state index contributed by atoms with van der Waals surface area (Å²) in [6.45, 7) is 0.265. The van der Waals surface area contributed by atoms with Crippen LogP contribution < -0.4 is 16.6 Å². The number of carbonyl (C=O) groups excluding carboxylic acids is 2. The number of rotatable bonds is 6. The molecule has 0 saturated heterocycles. The molecule has 0 radical (unpaired) electrons. The minimum Gasteiger partial charge on any atom is -0.550 e. The van der Waals surface area contributed by atoms with Gasteiger partial charge in [-0.3, -0.25) is 4.79 Å². The number of carboxylic acid groups (broad SMARTS) is 1. The van der Waals surface area contributed by atoms with Crippen LogP contribution in [0.2, 0.25) is 0 Å². The quantitative estimate of drug-likeness (QED) is 0.440. The first-order valence-electron chi connectivity index (χ1n) is 3.89. The smallest absolute Gasteiger partial charge is 0.306 e. The van der Waals surface area contributed by atoms with Crippen LogP contribution in [-0.4, -0.2) is 31.1 Å². The Kier molecular flexibility index (Phi) is 5.82. The van der Waals surface area contributed by atoms with Crippen LogP contribution in [0.4, 0.5) is 0 Å². The van der Waals surface area contributed by atoms with Crippen molar-refractivity contribution in [3.05, 3.63) is 0 Å². The molecule has 0 aromatic rings. The van der Waals surface area contributed by atoms with Crippen molar-refractivity contribution < 1.29 is 19.4 Å². The summed E-state index contributed by atoms with van der Waals surface area (Å²) in [5, 5.41) is 9.96. The molecule has 0 rings (SSSR count). The number of hydrogen-bond donors (Lipinski definition) is 2. The number of carboxylic acids is 1. The number of nitrogens with two attached hydrogens (primary N) is 2. The molecule has 13 heavy (non-hydrogen) atoms. The Bertz CT molecular complexity index is 179. The highest BCUT2D eigenvalue weighted by Crippen LogP contribution is 1.95. The molecule has 0 aliphatic heterocycles. The molecule has 0 unspecified atom stereocenters. The van der Waals surface area contributed by atoms with Gasteiger partial charge in [0, 0.05) is 19.1 Å². The van der Waals surface area contributed by atoms with Crippen molar-refractivity contribution in [1.29, 1.82) is 0 Å². The molecule has 6 heteroatoms. The third-order valence-electron chi connectivity index (χ3n) is 1.36.